The predicted molar refractivity (Wildman–Crippen MR) is 72.8 cm³/mol. The molecule has 0 spiro atoms. The number of aliphatic carboxylic acids is 1. The Morgan fingerprint density at radius 2 is 2.11 bits per heavy atom. The van der Waals surface area contributed by atoms with Crippen LogP contribution in [0.2, 0.25) is 0 Å². The Morgan fingerprint density at radius 3 is 2.78 bits per heavy atom. The maximum Gasteiger partial charge on any atom is 0.323 e. The maximum atomic E-state index is 11.3. The van der Waals surface area contributed by atoms with E-state index in [1.54, 1.807) is 0 Å². The molecule has 1 aliphatic carbocycles. The van der Waals surface area contributed by atoms with Gasteiger partial charge >= 0.3 is 5.97 Å². The molecule has 4 nitrogen and oxygen atoms in total. The Bertz CT molecular complexity index is 294. The third-order valence-electron chi connectivity index (χ3n) is 4.26. The molecule has 2 aliphatic rings. The first-order chi connectivity index (χ1) is 8.63. The molecule has 0 aromatic heterocycles. The Labute approximate surface area is 113 Å². The van der Waals surface area contributed by atoms with Crippen molar-refractivity contribution in [2.45, 2.75) is 49.3 Å². The largest absolute Gasteiger partial charge is 0.480 e. The van der Waals surface area contributed by atoms with Gasteiger partial charge in [-0.15, -0.1) is 0 Å². The van der Waals surface area contributed by atoms with E-state index in [0.29, 0.717) is 11.7 Å². The minimum Gasteiger partial charge on any atom is -0.480 e. The fourth-order valence-corrected chi connectivity index (χ4v) is 4.29. The van der Waals surface area contributed by atoms with Gasteiger partial charge in [0.1, 0.15) is 5.54 Å². The Kier molecular flexibility index (Phi) is 4.92. The summed E-state index contributed by atoms with van der Waals surface area (Å²) < 4.78 is 5.33. The van der Waals surface area contributed by atoms with Crippen LogP contribution in [-0.2, 0) is 9.53 Å². The lowest BCUT2D eigenvalue weighted by Gasteiger charge is -2.27. The van der Waals surface area contributed by atoms with Crippen LogP contribution in [0.15, 0.2) is 0 Å². The first-order valence-electron chi connectivity index (χ1n) is 6.84. The molecule has 2 unspecified atom stereocenters. The number of hydrogen-bond donors (Lipinski definition) is 2. The highest BCUT2D eigenvalue weighted by atomic mass is 32.2. The second kappa shape index (κ2) is 6.26. The summed E-state index contributed by atoms with van der Waals surface area (Å²) in [6.07, 6.45) is 5.75. The first kappa shape index (κ1) is 14.2. The fraction of sp³-hybridized carbons (Fsp3) is 0.923. The zero-order valence-corrected chi connectivity index (χ0v) is 11.6. The molecule has 2 rings (SSSR count). The van der Waals surface area contributed by atoms with Crippen molar-refractivity contribution in [1.82, 2.24) is 0 Å². The van der Waals surface area contributed by atoms with E-state index in [9.17, 15) is 9.90 Å². The summed E-state index contributed by atoms with van der Waals surface area (Å²) in [5.74, 6) is 0.366. The third kappa shape index (κ3) is 3.19. The molecule has 0 aromatic carbocycles. The lowest BCUT2D eigenvalue weighted by atomic mass is 9.86. The second-order valence-corrected chi connectivity index (χ2v) is 6.81. The fourth-order valence-electron chi connectivity index (χ4n) is 3.01. The summed E-state index contributed by atoms with van der Waals surface area (Å²) in [7, 11) is 0. The Hall–Kier alpha value is -0.260. The molecule has 0 amide bonds. The summed E-state index contributed by atoms with van der Waals surface area (Å²) in [4.78, 5) is 11.3. The van der Waals surface area contributed by atoms with Crippen LogP contribution in [0, 0.1) is 5.92 Å². The molecule has 1 saturated carbocycles. The van der Waals surface area contributed by atoms with Gasteiger partial charge in [-0.3, -0.25) is 4.79 Å². The molecular formula is C13H23NO3S. The quantitative estimate of drug-likeness (QED) is 0.800. The van der Waals surface area contributed by atoms with Gasteiger partial charge in [0, 0.05) is 18.5 Å². The molecule has 18 heavy (non-hydrogen) atoms. The molecule has 5 heteroatoms. The highest BCUT2D eigenvalue weighted by molar-refractivity contribution is 7.99. The minimum atomic E-state index is -0.962. The molecular weight excluding hydrogens is 250 g/mol. The second-order valence-electron chi connectivity index (χ2n) is 5.41. The van der Waals surface area contributed by atoms with Gasteiger partial charge in [-0.05, 0) is 43.8 Å². The van der Waals surface area contributed by atoms with Gasteiger partial charge < -0.3 is 15.6 Å². The number of carboxylic acids is 1. The van der Waals surface area contributed by atoms with E-state index in [0.717, 1.165) is 51.1 Å². The third-order valence-corrected chi connectivity index (χ3v) is 5.67. The van der Waals surface area contributed by atoms with E-state index in [-0.39, 0.29) is 5.92 Å². The topological polar surface area (TPSA) is 72.6 Å². The number of carbonyl (C=O) groups is 1. The lowest BCUT2D eigenvalue weighted by Crippen LogP contribution is -2.51. The Morgan fingerprint density at radius 1 is 1.39 bits per heavy atom. The van der Waals surface area contributed by atoms with Crippen LogP contribution in [0.1, 0.15) is 38.5 Å². The van der Waals surface area contributed by atoms with Crippen LogP contribution in [0.25, 0.3) is 0 Å². The summed E-state index contributed by atoms with van der Waals surface area (Å²) in [5, 5.41) is 9.93. The highest BCUT2D eigenvalue weighted by Crippen LogP contribution is 2.37. The molecule has 104 valence electrons. The van der Waals surface area contributed by atoms with Gasteiger partial charge in [0.15, 0.2) is 0 Å². The Balaban J connectivity index is 1.74. The van der Waals surface area contributed by atoms with Crippen molar-refractivity contribution in [3.05, 3.63) is 0 Å². The smallest absolute Gasteiger partial charge is 0.323 e. The molecule has 0 aromatic rings. The van der Waals surface area contributed by atoms with E-state index < -0.39 is 11.5 Å². The zero-order chi connectivity index (χ0) is 13.0. The van der Waals surface area contributed by atoms with Gasteiger partial charge in [-0.25, -0.2) is 0 Å². The average molecular weight is 273 g/mol. The number of carboxylic acid groups (broad SMARTS) is 1. The molecule has 0 bridgehead atoms. The maximum absolute atomic E-state index is 11.3. The molecule has 2 atom stereocenters. The van der Waals surface area contributed by atoms with Crippen LogP contribution in [0.3, 0.4) is 0 Å². The van der Waals surface area contributed by atoms with Crippen LogP contribution in [0.4, 0.5) is 0 Å². The zero-order valence-electron chi connectivity index (χ0n) is 10.8. The summed E-state index contributed by atoms with van der Waals surface area (Å²) >= 11 is 1.97. The van der Waals surface area contributed by atoms with Crippen LogP contribution >= 0.6 is 11.8 Å². The predicted octanol–water partition coefficient (Wildman–Crippen LogP) is 1.87. The first-order valence-corrected chi connectivity index (χ1v) is 7.89. The van der Waals surface area contributed by atoms with Gasteiger partial charge in [0.05, 0.1) is 0 Å². The lowest BCUT2D eigenvalue weighted by molar-refractivity contribution is -0.144. The van der Waals surface area contributed by atoms with Crippen molar-refractivity contribution in [3.8, 4) is 0 Å². The molecule has 1 aliphatic heterocycles. The molecule has 3 N–H and O–H groups in total. The standard InChI is InChI=1S/C13H23NO3S/c14-13(12(15)16)6-1-2-10(13)5-9-18-11-3-7-17-8-4-11/h10-11H,1-9,14H2,(H,15,16). The van der Waals surface area contributed by atoms with Crippen molar-refractivity contribution < 1.29 is 14.6 Å². The number of thioether (sulfide) groups is 1. The summed E-state index contributed by atoms with van der Waals surface area (Å²) in [6.45, 7) is 1.74. The minimum absolute atomic E-state index is 0.155. The average Bonchev–Trinajstić information content (AvgIpc) is 2.74. The summed E-state index contributed by atoms with van der Waals surface area (Å²) in [5.41, 5.74) is 5.07. The van der Waals surface area contributed by atoms with E-state index >= 15 is 0 Å². The van der Waals surface area contributed by atoms with Gasteiger partial charge in [-0.2, -0.15) is 11.8 Å². The molecule has 2 fully saturated rings. The van der Waals surface area contributed by atoms with Crippen molar-refractivity contribution in [2.75, 3.05) is 19.0 Å². The van der Waals surface area contributed by atoms with E-state index in [2.05, 4.69) is 0 Å². The van der Waals surface area contributed by atoms with Crippen LogP contribution in [-0.4, -0.2) is 40.8 Å². The monoisotopic (exact) mass is 273 g/mol. The van der Waals surface area contributed by atoms with Crippen molar-refractivity contribution in [2.24, 2.45) is 11.7 Å². The van der Waals surface area contributed by atoms with Crippen LogP contribution < -0.4 is 5.73 Å². The number of hydrogen-bond acceptors (Lipinski definition) is 4. The van der Waals surface area contributed by atoms with Crippen molar-refractivity contribution in [1.29, 1.82) is 0 Å². The van der Waals surface area contributed by atoms with E-state index in [1.165, 1.54) is 0 Å². The molecule has 0 radical (unpaired) electrons. The van der Waals surface area contributed by atoms with Crippen molar-refractivity contribution in [3.63, 3.8) is 0 Å². The summed E-state index contributed by atoms with van der Waals surface area (Å²) in [6, 6.07) is 0. The molecule has 1 heterocycles. The number of ether oxygens (including phenoxy) is 1. The van der Waals surface area contributed by atoms with Gasteiger partial charge in [0.25, 0.3) is 0 Å². The van der Waals surface area contributed by atoms with Crippen LogP contribution in [0.5, 0.6) is 0 Å². The van der Waals surface area contributed by atoms with E-state index in [1.807, 2.05) is 11.8 Å². The number of rotatable bonds is 5. The SMILES string of the molecule is NC1(C(=O)O)CCCC1CCSC1CCOCC1. The normalized spacial score (nSPS) is 33.7. The van der Waals surface area contributed by atoms with Crippen molar-refractivity contribution >= 4 is 17.7 Å². The van der Waals surface area contributed by atoms with Gasteiger partial charge in [0.2, 0.25) is 0 Å². The van der Waals surface area contributed by atoms with E-state index in [4.69, 9.17) is 10.5 Å². The number of nitrogens with two attached hydrogens (primary N) is 1. The van der Waals surface area contributed by atoms with Gasteiger partial charge in [-0.1, -0.05) is 6.42 Å². The highest BCUT2D eigenvalue weighted by Gasteiger charge is 2.45. The molecule has 1 saturated heterocycles.